The Labute approximate surface area is 167 Å². The third kappa shape index (κ3) is 3.35. The molecule has 1 fully saturated rings. The molecule has 0 aliphatic carbocycles. The minimum atomic E-state index is 0. The van der Waals surface area contributed by atoms with Crippen molar-refractivity contribution in [2.45, 2.75) is 31.7 Å². The Bertz CT molecular complexity index is 927. The molecule has 0 bridgehead atoms. The summed E-state index contributed by atoms with van der Waals surface area (Å²) in [4.78, 5) is 19.7. The van der Waals surface area contributed by atoms with E-state index in [1.807, 2.05) is 11.0 Å². The maximum atomic E-state index is 12.9. The molecule has 2 aliphatic heterocycles. The molecular weight excluding hydrogens is 382 g/mol. The molecule has 2 aliphatic rings. The van der Waals surface area contributed by atoms with Crippen LogP contribution in [0.25, 0.3) is 10.2 Å². The van der Waals surface area contributed by atoms with Crippen LogP contribution in [-0.4, -0.2) is 45.6 Å². The number of aromatic amines is 1. The van der Waals surface area contributed by atoms with Gasteiger partial charge in [-0.1, -0.05) is 12.1 Å². The van der Waals surface area contributed by atoms with Gasteiger partial charge >= 0.3 is 0 Å². The first kappa shape index (κ1) is 18.4. The Morgan fingerprint density at radius 3 is 2.85 bits per heavy atom. The first-order valence-corrected chi connectivity index (χ1v) is 10.0. The average molecular weight is 404 g/mol. The van der Waals surface area contributed by atoms with Crippen molar-refractivity contribution in [1.29, 1.82) is 0 Å². The van der Waals surface area contributed by atoms with Crippen LogP contribution in [0.2, 0.25) is 0 Å². The van der Waals surface area contributed by atoms with E-state index >= 15 is 0 Å². The second-order valence-corrected chi connectivity index (χ2v) is 8.10. The number of carbonyl (C=O) groups excluding carboxylic acids is 1. The molecule has 0 atom stereocenters. The van der Waals surface area contributed by atoms with E-state index in [1.54, 1.807) is 11.3 Å². The third-order valence-corrected chi connectivity index (χ3v) is 6.65. The molecule has 0 saturated carbocycles. The van der Waals surface area contributed by atoms with E-state index < -0.39 is 0 Å². The van der Waals surface area contributed by atoms with Crippen LogP contribution in [0.15, 0.2) is 24.3 Å². The highest BCUT2D eigenvalue weighted by molar-refractivity contribution is 7.18. The number of piperidine rings is 1. The summed E-state index contributed by atoms with van der Waals surface area (Å²) >= 11 is 1.79. The molecular formula is C19H22ClN5OS. The standard InChI is InChI=1S/C19H21N5OS.ClH/c25-19(17-13-11-20-8-5-14(13)22-23-17)24-9-6-12(7-10-24)18-21-15-3-1-2-4-16(15)26-18;/h1-4,12,20H,5-11H2,(H,22,23);1H. The first-order valence-electron chi connectivity index (χ1n) is 9.21. The number of para-hydroxylation sites is 1. The topological polar surface area (TPSA) is 73.9 Å². The van der Waals surface area contributed by atoms with Gasteiger partial charge in [0.15, 0.2) is 5.69 Å². The van der Waals surface area contributed by atoms with E-state index in [0.29, 0.717) is 11.6 Å². The lowest BCUT2D eigenvalue weighted by Crippen LogP contribution is -2.39. The second kappa shape index (κ2) is 7.58. The fraction of sp³-hybridized carbons (Fsp3) is 0.421. The lowest BCUT2D eigenvalue weighted by atomic mass is 9.97. The molecule has 2 aromatic heterocycles. The van der Waals surface area contributed by atoms with Crippen molar-refractivity contribution in [1.82, 2.24) is 25.4 Å². The van der Waals surface area contributed by atoms with E-state index in [2.05, 4.69) is 33.7 Å². The van der Waals surface area contributed by atoms with Gasteiger partial charge in [0.25, 0.3) is 5.91 Å². The fourth-order valence-corrected chi connectivity index (χ4v) is 5.08. The molecule has 27 heavy (non-hydrogen) atoms. The summed E-state index contributed by atoms with van der Waals surface area (Å²) < 4.78 is 1.25. The number of amides is 1. The van der Waals surface area contributed by atoms with Gasteiger partial charge in [-0.15, -0.1) is 23.7 Å². The van der Waals surface area contributed by atoms with Crippen molar-refractivity contribution in [2.75, 3.05) is 19.6 Å². The number of thiazole rings is 1. The van der Waals surface area contributed by atoms with Crippen molar-refractivity contribution in [3.63, 3.8) is 0 Å². The van der Waals surface area contributed by atoms with Gasteiger partial charge in [0, 0.05) is 49.8 Å². The molecule has 1 saturated heterocycles. The predicted octanol–water partition coefficient (Wildman–Crippen LogP) is 3.11. The molecule has 1 amide bonds. The lowest BCUT2D eigenvalue weighted by Gasteiger charge is -2.31. The molecule has 4 heterocycles. The molecule has 142 valence electrons. The molecule has 0 spiro atoms. The number of hydrogen-bond acceptors (Lipinski definition) is 5. The van der Waals surface area contributed by atoms with Crippen LogP contribution in [0, 0.1) is 0 Å². The zero-order chi connectivity index (χ0) is 17.5. The maximum Gasteiger partial charge on any atom is 0.274 e. The molecule has 3 aromatic rings. The molecule has 1 aromatic carbocycles. The van der Waals surface area contributed by atoms with E-state index in [0.717, 1.165) is 62.2 Å². The normalized spacial score (nSPS) is 17.6. The van der Waals surface area contributed by atoms with Crippen molar-refractivity contribution >= 4 is 39.9 Å². The number of carbonyl (C=O) groups is 1. The number of nitrogens with one attached hydrogen (secondary N) is 2. The Hall–Kier alpha value is -1.96. The Balaban J connectivity index is 0.00000180. The smallest absolute Gasteiger partial charge is 0.274 e. The average Bonchev–Trinajstić information content (AvgIpc) is 3.32. The Kier molecular flexibility index (Phi) is 5.16. The summed E-state index contributed by atoms with van der Waals surface area (Å²) in [5.74, 6) is 0.514. The highest BCUT2D eigenvalue weighted by Crippen LogP contribution is 2.34. The van der Waals surface area contributed by atoms with E-state index in [4.69, 9.17) is 4.98 Å². The highest BCUT2D eigenvalue weighted by atomic mass is 35.5. The van der Waals surface area contributed by atoms with Crippen LogP contribution in [0.1, 0.15) is 45.5 Å². The third-order valence-electron chi connectivity index (χ3n) is 5.45. The lowest BCUT2D eigenvalue weighted by molar-refractivity contribution is 0.0705. The van der Waals surface area contributed by atoms with Crippen molar-refractivity contribution < 1.29 is 4.79 Å². The van der Waals surface area contributed by atoms with E-state index in [9.17, 15) is 4.79 Å². The number of hydrogen-bond donors (Lipinski definition) is 2. The summed E-state index contributed by atoms with van der Waals surface area (Å²) in [7, 11) is 0. The Morgan fingerprint density at radius 2 is 2.04 bits per heavy atom. The maximum absolute atomic E-state index is 12.9. The number of nitrogens with zero attached hydrogens (tertiary/aromatic N) is 3. The van der Waals surface area contributed by atoms with Crippen LogP contribution in [-0.2, 0) is 13.0 Å². The van der Waals surface area contributed by atoms with Crippen LogP contribution in [0.4, 0.5) is 0 Å². The summed E-state index contributed by atoms with van der Waals surface area (Å²) in [6.45, 7) is 3.22. The molecule has 0 radical (unpaired) electrons. The summed E-state index contributed by atoms with van der Waals surface area (Å²) in [5.41, 5.74) is 3.85. The highest BCUT2D eigenvalue weighted by Gasteiger charge is 2.30. The molecule has 8 heteroatoms. The van der Waals surface area contributed by atoms with Crippen LogP contribution >= 0.6 is 23.7 Å². The number of halogens is 1. The minimum Gasteiger partial charge on any atom is -0.337 e. The number of H-pyrrole nitrogens is 1. The number of fused-ring (bicyclic) bond motifs is 2. The van der Waals surface area contributed by atoms with Gasteiger partial charge in [-0.05, 0) is 25.0 Å². The molecule has 2 N–H and O–H groups in total. The van der Waals surface area contributed by atoms with E-state index in [-0.39, 0.29) is 18.3 Å². The summed E-state index contributed by atoms with van der Waals surface area (Å²) in [5, 5.41) is 11.9. The van der Waals surface area contributed by atoms with Crippen LogP contribution in [0.3, 0.4) is 0 Å². The number of aromatic nitrogens is 3. The fourth-order valence-electron chi connectivity index (χ4n) is 3.95. The largest absolute Gasteiger partial charge is 0.337 e. The SMILES string of the molecule is Cl.O=C(c1n[nH]c2c1CNCC2)N1CCC(c2nc3ccccc3s2)CC1. The zero-order valence-electron chi connectivity index (χ0n) is 14.9. The molecule has 5 rings (SSSR count). The zero-order valence-corrected chi connectivity index (χ0v) is 16.5. The first-order chi connectivity index (χ1) is 12.8. The van der Waals surface area contributed by atoms with Gasteiger partial charge in [0.1, 0.15) is 0 Å². The van der Waals surface area contributed by atoms with Gasteiger partial charge in [0.2, 0.25) is 0 Å². The van der Waals surface area contributed by atoms with Gasteiger partial charge in [0.05, 0.1) is 15.2 Å². The molecule has 6 nitrogen and oxygen atoms in total. The van der Waals surface area contributed by atoms with Gasteiger partial charge in [-0.25, -0.2) is 4.98 Å². The van der Waals surface area contributed by atoms with Gasteiger partial charge in [-0.2, -0.15) is 5.10 Å². The van der Waals surface area contributed by atoms with Crippen LogP contribution < -0.4 is 5.32 Å². The summed E-state index contributed by atoms with van der Waals surface area (Å²) in [6.07, 6.45) is 2.85. The monoisotopic (exact) mass is 403 g/mol. The van der Waals surface area contributed by atoms with Gasteiger partial charge in [-0.3, -0.25) is 9.89 Å². The second-order valence-electron chi connectivity index (χ2n) is 7.04. The Morgan fingerprint density at radius 1 is 1.22 bits per heavy atom. The van der Waals surface area contributed by atoms with E-state index in [1.165, 1.54) is 9.71 Å². The van der Waals surface area contributed by atoms with Gasteiger partial charge < -0.3 is 10.2 Å². The number of likely N-dealkylation sites (tertiary alicyclic amines) is 1. The van der Waals surface area contributed by atoms with Crippen LogP contribution in [0.5, 0.6) is 0 Å². The van der Waals surface area contributed by atoms with Crippen molar-refractivity contribution in [3.8, 4) is 0 Å². The number of benzene rings is 1. The van der Waals surface area contributed by atoms with Crippen molar-refractivity contribution in [3.05, 3.63) is 46.2 Å². The minimum absolute atomic E-state index is 0. The predicted molar refractivity (Wildman–Crippen MR) is 109 cm³/mol. The summed E-state index contributed by atoms with van der Waals surface area (Å²) in [6, 6.07) is 8.30. The molecule has 0 unspecified atom stereocenters. The van der Waals surface area contributed by atoms with Crippen molar-refractivity contribution in [2.24, 2.45) is 0 Å². The number of rotatable bonds is 2. The quantitative estimate of drug-likeness (QED) is 0.689.